The Bertz CT molecular complexity index is 6170. The fraction of sp³-hybridized carbons (Fsp3) is 0.0769. The van der Waals surface area contributed by atoms with Gasteiger partial charge in [0, 0.05) is 128 Å². The van der Waals surface area contributed by atoms with E-state index in [2.05, 4.69) is 271 Å². The fourth-order valence-corrected chi connectivity index (χ4v) is 19.1. The maximum Gasteiger partial charge on any atom is 0.138 e. The van der Waals surface area contributed by atoms with Gasteiger partial charge in [-0.15, -0.1) is 22.7 Å². The molecule has 0 amide bonds. The lowest BCUT2D eigenvalue weighted by atomic mass is 10.00. The summed E-state index contributed by atoms with van der Waals surface area (Å²) < 4.78 is 49.9. The second kappa shape index (κ2) is 32.4. The first-order valence-corrected chi connectivity index (χ1v) is 41.1. The third kappa shape index (κ3) is 13.8. The summed E-state index contributed by atoms with van der Waals surface area (Å²) in [6.07, 6.45) is 0. The number of methoxy groups -OCH3 is 8. The van der Waals surface area contributed by atoms with E-state index >= 15 is 0 Å². The molecule has 0 bridgehead atoms. The van der Waals surface area contributed by atoms with Gasteiger partial charge < -0.3 is 66.6 Å². The zero-order chi connectivity index (χ0) is 83.2. The largest absolute Gasteiger partial charge is 0.497 e. The molecule has 4 aromatic heterocycles. The molecule has 1 aliphatic rings. The molecule has 0 unspecified atom stereocenters. The van der Waals surface area contributed by atoms with Crippen LogP contribution < -0.4 is 57.5 Å². The molecule has 0 fully saturated rings. The first-order valence-electron chi connectivity index (χ1n) is 39.5. The quantitative estimate of drug-likeness (QED) is 0.0529. The van der Waals surface area contributed by atoms with Crippen LogP contribution in [0.5, 0.6) is 46.0 Å². The lowest BCUT2D eigenvalue weighted by Crippen LogP contribution is -2.10. The van der Waals surface area contributed by atoms with E-state index in [1.54, 1.807) is 79.6 Å². The monoisotopic (exact) mass is 1630 g/mol. The average Bonchev–Trinajstić information content (AvgIpc) is 1.55. The molecule has 594 valence electrons. The molecule has 16 nitrogen and oxygen atoms in total. The highest BCUT2D eigenvalue weighted by Gasteiger charge is 2.33. The van der Waals surface area contributed by atoms with Crippen molar-refractivity contribution in [2.24, 2.45) is 0 Å². The van der Waals surface area contributed by atoms with E-state index < -0.39 is 0 Å². The van der Waals surface area contributed by atoms with Crippen LogP contribution in [-0.4, -0.2) is 66.0 Å². The summed E-state index contributed by atoms with van der Waals surface area (Å²) in [5.74, 6) is 6.06. The van der Waals surface area contributed by atoms with Crippen molar-refractivity contribution < 1.29 is 37.9 Å². The molecule has 4 heterocycles. The summed E-state index contributed by atoms with van der Waals surface area (Å²) in [6.45, 7) is 0. The highest BCUT2D eigenvalue weighted by Crippen LogP contribution is 2.57. The number of ether oxygens (including phenoxy) is 8. The average molecular weight is 1630 g/mol. The van der Waals surface area contributed by atoms with Crippen molar-refractivity contribution in [3.05, 3.63) is 344 Å². The van der Waals surface area contributed by atoms with Crippen LogP contribution in [-0.2, 0) is 0 Å². The Balaban J connectivity index is 0.695. The molecule has 0 saturated carbocycles. The molecule has 0 aliphatic heterocycles. The Morgan fingerprint density at radius 2 is 0.443 bits per heavy atom. The second-order valence-corrected chi connectivity index (χ2v) is 31.3. The van der Waals surface area contributed by atoms with Gasteiger partial charge >= 0.3 is 0 Å². The highest BCUT2D eigenvalue weighted by atomic mass is 32.1. The van der Waals surface area contributed by atoms with Crippen LogP contribution in [0.1, 0.15) is 11.1 Å². The van der Waals surface area contributed by atoms with E-state index in [1.807, 2.05) is 97.1 Å². The van der Waals surface area contributed by atoms with E-state index in [-0.39, 0.29) is 5.57 Å². The van der Waals surface area contributed by atoms with Gasteiger partial charge in [0.2, 0.25) is 0 Å². The molecule has 18 aromatic rings. The minimum Gasteiger partial charge on any atom is -0.497 e. The number of nitriles is 2. The van der Waals surface area contributed by atoms with Crippen molar-refractivity contribution in [2.75, 3.05) is 76.5 Å². The van der Waals surface area contributed by atoms with E-state index in [0.29, 0.717) is 5.57 Å². The van der Waals surface area contributed by atoms with Crippen molar-refractivity contribution in [1.82, 2.24) is 9.13 Å². The summed E-state index contributed by atoms with van der Waals surface area (Å²) in [7, 11) is 13.4. The summed E-state index contributed by atoms with van der Waals surface area (Å²) in [5.41, 5.74) is 21.9. The first kappa shape index (κ1) is 76.4. The van der Waals surface area contributed by atoms with Crippen molar-refractivity contribution in [2.45, 2.75) is 0 Å². The first-order chi connectivity index (χ1) is 59.9. The zero-order valence-electron chi connectivity index (χ0n) is 67.8. The van der Waals surface area contributed by atoms with E-state index in [1.165, 1.54) is 0 Å². The van der Waals surface area contributed by atoms with Crippen LogP contribution in [0.25, 0.3) is 91.2 Å². The number of fused-ring (bicyclic) bond motifs is 9. The molecular formula is C104H78N8O8S2. The number of benzene rings is 14. The van der Waals surface area contributed by atoms with Crippen LogP contribution in [0.2, 0.25) is 0 Å². The van der Waals surface area contributed by atoms with Gasteiger partial charge in [-0.2, -0.15) is 10.5 Å². The van der Waals surface area contributed by atoms with Crippen molar-refractivity contribution in [1.29, 1.82) is 10.5 Å². The minimum atomic E-state index is 0.0687. The van der Waals surface area contributed by atoms with Gasteiger partial charge in [0.1, 0.15) is 63.7 Å². The van der Waals surface area contributed by atoms with Crippen molar-refractivity contribution in [3.63, 3.8) is 0 Å². The number of thiophene rings is 2. The van der Waals surface area contributed by atoms with Crippen LogP contribution >= 0.6 is 22.7 Å². The van der Waals surface area contributed by atoms with Gasteiger partial charge in [-0.3, -0.25) is 0 Å². The Hall–Kier alpha value is -15.6. The maximum absolute atomic E-state index is 10.8. The summed E-state index contributed by atoms with van der Waals surface area (Å²) in [4.78, 5) is 13.1. The molecular weight excluding hydrogens is 1550 g/mol. The number of aromatic nitrogens is 2. The predicted molar refractivity (Wildman–Crippen MR) is 496 cm³/mol. The number of nitrogens with zero attached hydrogens (tertiary/aromatic N) is 8. The topological polar surface area (TPSA) is 144 Å². The van der Waals surface area contributed by atoms with E-state index in [9.17, 15) is 10.5 Å². The van der Waals surface area contributed by atoms with E-state index in [0.717, 1.165) is 211 Å². The SMILES string of the molecule is COc1ccc(N(c2ccc(OC)cc2)c2ccc3c(c2)c2cc(N(c4ccc(OC)cc4)c4ccc(OC)cc4)ccc2n3-c2ccc(-c3cc4c(s3)-c3sc(-c5ccc(-n6c7ccc(N(c8ccc(OC)cc8)c8ccc(OC)cc8)cc7c7cc(N(c8ccc(OC)cc8)c8ccc(OC)cc8)ccc76)cc5)cc3C4=C(C#N)C#N)cc2)cc1. The zero-order valence-corrected chi connectivity index (χ0v) is 69.5. The predicted octanol–water partition coefficient (Wildman–Crippen LogP) is 27.1. The molecule has 0 spiro atoms. The third-order valence-corrected chi connectivity index (χ3v) is 25.2. The number of hydrogen-bond acceptors (Lipinski definition) is 16. The molecule has 0 radical (unpaired) electrons. The lowest BCUT2D eigenvalue weighted by Gasteiger charge is -2.26. The Morgan fingerprint density at radius 3 is 0.631 bits per heavy atom. The van der Waals surface area contributed by atoms with Gasteiger partial charge in [0.15, 0.2) is 0 Å². The lowest BCUT2D eigenvalue weighted by molar-refractivity contribution is 0.414. The van der Waals surface area contributed by atoms with Gasteiger partial charge in [0.05, 0.1) is 88.7 Å². The normalized spacial score (nSPS) is 11.4. The Kier molecular flexibility index (Phi) is 20.3. The number of rotatable bonds is 24. The number of allylic oxidation sites excluding steroid dienone is 1. The van der Waals surface area contributed by atoms with Crippen LogP contribution in [0.15, 0.2) is 333 Å². The fourth-order valence-electron chi connectivity index (χ4n) is 16.6. The number of anilines is 12. The Morgan fingerprint density at radius 1 is 0.246 bits per heavy atom. The van der Waals surface area contributed by atoms with Gasteiger partial charge in [-0.05, 0) is 314 Å². The Labute approximate surface area is 713 Å². The summed E-state index contributed by atoms with van der Waals surface area (Å²) in [5, 5.41) is 25.7. The molecule has 18 heteroatoms. The molecule has 14 aromatic carbocycles. The van der Waals surface area contributed by atoms with Crippen LogP contribution in [0.4, 0.5) is 68.2 Å². The summed E-state index contributed by atoms with van der Waals surface area (Å²) >= 11 is 3.36. The molecule has 0 N–H and O–H groups in total. The molecule has 0 saturated heterocycles. The summed E-state index contributed by atoms with van der Waals surface area (Å²) in [6, 6.07) is 118. The third-order valence-electron chi connectivity index (χ3n) is 22.6. The maximum atomic E-state index is 10.8. The van der Waals surface area contributed by atoms with Crippen LogP contribution in [0.3, 0.4) is 0 Å². The molecule has 0 atom stereocenters. The number of hydrogen-bond donors (Lipinski definition) is 0. The van der Waals surface area contributed by atoms with Crippen molar-refractivity contribution in [3.8, 4) is 100 Å². The van der Waals surface area contributed by atoms with Crippen molar-refractivity contribution >= 4 is 140 Å². The standard InChI is InChI=1S/C104H78N8O8S2/c1-113-82-37-17-68(18-38-82)107(69-19-39-83(114-2)40-20-69)78-33-53-96-90(57-78)91-58-79(108(70-21-41-84(115-3)42-22-70)71-23-43-85(116-4)44-24-71)34-54-97(91)111(96)76-13-9-65(10-14-76)100-61-94-102(67(63-105)64-106)95-62-101(122-104(95)103(94)121-100)66-11-15-77(16-12-66)112-98-55-35-80(109(72-25-45-86(117-5)46-26-72)73-27-47-87(118-6)48-28-73)59-92(98)93-60-81(36-56-99(93)112)110(74-29-49-88(119-7)50-30-74)75-31-51-89(120-8)52-32-75/h9-62H,1-8H3. The molecule has 19 rings (SSSR count). The van der Waals surface area contributed by atoms with Crippen LogP contribution in [0, 0.1) is 22.7 Å². The van der Waals surface area contributed by atoms with Gasteiger partial charge in [-0.25, -0.2) is 0 Å². The van der Waals surface area contributed by atoms with E-state index in [4.69, 9.17) is 37.9 Å². The van der Waals surface area contributed by atoms with Gasteiger partial charge in [0.25, 0.3) is 0 Å². The molecule has 122 heavy (non-hydrogen) atoms. The molecule has 1 aliphatic carbocycles. The van der Waals surface area contributed by atoms with Gasteiger partial charge in [-0.1, -0.05) is 24.3 Å². The smallest absolute Gasteiger partial charge is 0.138 e. The minimum absolute atomic E-state index is 0.0687. The highest BCUT2D eigenvalue weighted by molar-refractivity contribution is 7.26. The second-order valence-electron chi connectivity index (χ2n) is 29.2.